The van der Waals surface area contributed by atoms with E-state index >= 15 is 0 Å². The van der Waals surface area contributed by atoms with Gasteiger partial charge >= 0.3 is 0 Å². The molecule has 0 radical (unpaired) electrons. The third-order valence-corrected chi connectivity index (χ3v) is 2.87. The van der Waals surface area contributed by atoms with Gasteiger partial charge in [0.25, 0.3) is 0 Å². The van der Waals surface area contributed by atoms with Crippen molar-refractivity contribution in [1.82, 2.24) is 9.80 Å². The fourth-order valence-electron chi connectivity index (χ4n) is 2.26. The molecule has 1 N–H and O–H groups in total. The first-order valence-electron chi connectivity index (χ1n) is 5.77. The van der Waals surface area contributed by atoms with Crippen molar-refractivity contribution in [3.05, 3.63) is 0 Å². The Hall–Kier alpha value is -0.940. The van der Waals surface area contributed by atoms with Crippen LogP contribution in [0.1, 0.15) is 27.2 Å². The van der Waals surface area contributed by atoms with Crippen LogP contribution in [-0.2, 0) is 9.59 Å². The van der Waals surface area contributed by atoms with Gasteiger partial charge in [-0.1, -0.05) is 13.8 Å². The molecule has 5 heteroatoms. The van der Waals surface area contributed by atoms with E-state index < -0.39 is 11.0 Å². The molecule has 0 spiro atoms. The van der Waals surface area contributed by atoms with Gasteiger partial charge in [0.05, 0.1) is 17.6 Å². The second-order valence-electron chi connectivity index (χ2n) is 6.08. The number of carbonyl (C=O) groups excluding carboxylic acids is 2. The van der Waals surface area contributed by atoms with Crippen molar-refractivity contribution in [3.63, 3.8) is 0 Å². The molecular weight excluding hydrogens is 220 g/mol. The quantitative estimate of drug-likeness (QED) is 0.709. The van der Waals surface area contributed by atoms with E-state index in [0.29, 0.717) is 6.54 Å². The molecule has 0 saturated carbocycles. The number of hydrogen-bond donors (Lipinski definition) is 1. The van der Waals surface area contributed by atoms with Crippen LogP contribution in [0.3, 0.4) is 0 Å². The summed E-state index contributed by atoms with van der Waals surface area (Å²) in [7, 11) is 3.68. The molecular formula is C12H22N2O3. The van der Waals surface area contributed by atoms with Gasteiger partial charge in [0.15, 0.2) is 0 Å². The SMILES string of the molecule is CN(C)CC(C)(O)CN1C(=O)CC(C)(C)C1=O. The Labute approximate surface area is 102 Å². The van der Waals surface area contributed by atoms with E-state index in [4.69, 9.17) is 0 Å². The summed E-state index contributed by atoms with van der Waals surface area (Å²) >= 11 is 0. The third-order valence-electron chi connectivity index (χ3n) is 2.87. The van der Waals surface area contributed by atoms with Gasteiger partial charge in [-0.05, 0) is 21.0 Å². The summed E-state index contributed by atoms with van der Waals surface area (Å²) in [6.07, 6.45) is 0.226. The number of β-amino-alcohol motifs (C(OH)–C–C–N with tert-alkyl or cyclic N) is 1. The van der Waals surface area contributed by atoms with Crippen LogP contribution in [-0.4, -0.2) is 59.5 Å². The molecule has 98 valence electrons. The Balaban J connectivity index is 2.76. The zero-order chi connectivity index (χ0) is 13.4. The fourth-order valence-corrected chi connectivity index (χ4v) is 2.26. The van der Waals surface area contributed by atoms with Crippen molar-refractivity contribution in [2.75, 3.05) is 27.2 Å². The molecule has 0 aromatic heterocycles. The molecule has 0 aromatic rings. The molecule has 1 atom stereocenters. The zero-order valence-corrected chi connectivity index (χ0v) is 11.3. The number of aliphatic hydroxyl groups is 1. The number of carbonyl (C=O) groups is 2. The highest BCUT2D eigenvalue weighted by Gasteiger charge is 2.46. The molecule has 1 heterocycles. The topological polar surface area (TPSA) is 60.9 Å². The van der Waals surface area contributed by atoms with E-state index in [-0.39, 0.29) is 24.8 Å². The Bertz CT molecular complexity index is 335. The predicted octanol–water partition coefficient (Wildman–Crippen LogP) is 0.0841. The van der Waals surface area contributed by atoms with Gasteiger partial charge in [0.1, 0.15) is 0 Å². The minimum absolute atomic E-state index is 0.0618. The molecule has 0 aromatic carbocycles. The van der Waals surface area contributed by atoms with Crippen LogP contribution in [0.2, 0.25) is 0 Å². The number of amides is 2. The molecule has 1 rings (SSSR count). The van der Waals surface area contributed by atoms with E-state index in [0.717, 1.165) is 0 Å². The lowest BCUT2D eigenvalue weighted by atomic mass is 9.92. The standard InChI is InChI=1S/C12H22N2O3/c1-11(2)6-9(15)14(10(11)16)8-12(3,17)7-13(4)5/h17H,6-8H2,1-5H3. The van der Waals surface area contributed by atoms with Crippen molar-refractivity contribution in [2.24, 2.45) is 5.41 Å². The van der Waals surface area contributed by atoms with Crippen LogP contribution in [0, 0.1) is 5.41 Å². The molecule has 1 fully saturated rings. The summed E-state index contributed by atoms with van der Waals surface area (Å²) < 4.78 is 0. The van der Waals surface area contributed by atoms with E-state index in [1.54, 1.807) is 20.8 Å². The van der Waals surface area contributed by atoms with Crippen molar-refractivity contribution < 1.29 is 14.7 Å². The van der Waals surface area contributed by atoms with Crippen molar-refractivity contribution >= 4 is 11.8 Å². The van der Waals surface area contributed by atoms with Crippen LogP contribution in [0.15, 0.2) is 0 Å². The van der Waals surface area contributed by atoms with Crippen LogP contribution in [0.25, 0.3) is 0 Å². The fraction of sp³-hybridized carbons (Fsp3) is 0.833. The van der Waals surface area contributed by atoms with Gasteiger partial charge in [0.2, 0.25) is 11.8 Å². The number of nitrogens with zero attached hydrogens (tertiary/aromatic N) is 2. The van der Waals surface area contributed by atoms with E-state index in [2.05, 4.69) is 0 Å². The summed E-state index contributed by atoms with van der Waals surface area (Å²) in [6.45, 7) is 5.62. The number of imide groups is 1. The van der Waals surface area contributed by atoms with Gasteiger partial charge < -0.3 is 10.0 Å². The molecule has 1 aliphatic heterocycles. The summed E-state index contributed by atoms with van der Waals surface area (Å²) in [5, 5.41) is 10.2. The van der Waals surface area contributed by atoms with Crippen LogP contribution in [0.4, 0.5) is 0 Å². The summed E-state index contributed by atoms with van der Waals surface area (Å²) in [5.74, 6) is -0.388. The molecule has 1 aliphatic rings. The lowest BCUT2D eigenvalue weighted by Crippen LogP contribution is -2.49. The van der Waals surface area contributed by atoms with Crippen LogP contribution in [0.5, 0.6) is 0 Å². The van der Waals surface area contributed by atoms with Crippen LogP contribution < -0.4 is 0 Å². The van der Waals surface area contributed by atoms with Crippen molar-refractivity contribution in [3.8, 4) is 0 Å². The van der Waals surface area contributed by atoms with Gasteiger partial charge in [0, 0.05) is 13.0 Å². The minimum Gasteiger partial charge on any atom is -0.387 e. The second-order valence-corrected chi connectivity index (χ2v) is 6.08. The summed E-state index contributed by atoms with van der Waals surface area (Å²) in [6, 6.07) is 0. The average Bonchev–Trinajstić information content (AvgIpc) is 2.25. The number of rotatable bonds is 4. The zero-order valence-electron chi connectivity index (χ0n) is 11.3. The number of hydrogen-bond acceptors (Lipinski definition) is 4. The molecule has 0 bridgehead atoms. The van der Waals surface area contributed by atoms with Crippen molar-refractivity contribution in [2.45, 2.75) is 32.8 Å². The Morgan fingerprint density at radius 1 is 1.41 bits per heavy atom. The monoisotopic (exact) mass is 242 g/mol. The highest BCUT2D eigenvalue weighted by molar-refractivity contribution is 6.05. The van der Waals surface area contributed by atoms with Gasteiger partial charge in [-0.2, -0.15) is 0 Å². The largest absolute Gasteiger partial charge is 0.387 e. The molecule has 0 aliphatic carbocycles. The molecule has 1 unspecified atom stereocenters. The lowest BCUT2D eigenvalue weighted by molar-refractivity contribution is -0.144. The minimum atomic E-state index is -1.07. The maximum absolute atomic E-state index is 12.0. The first-order chi connectivity index (χ1) is 7.55. The predicted molar refractivity (Wildman–Crippen MR) is 64.3 cm³/mol. The Morgan fingerprint density at radius 3 is 2.29 bits per heavy atom. The number of likely N-dealkylation sites (N-methyl/N-ethyl adjacent to an activating group) is 1. The normalized spacial score (nSPS) is 23.4. The Morgan fingerprint density at radius 2 is 1.94 bits per heavy atom. The van der Waals surface area contributed by atoms with Gasteiger partial charge in [-0.15, -0.1) is 0 Å². The smallest absolute Gasteiger partial charge is 0.235 e. The summed E-state index contributed by atoms with van der Waals surface area (Å²) in [5.41, 5.74) is -1.71. The Kier molecular flexibility index (Phi) is 3.64. The maximum atomic E-state index is 12.0. The molecule has 1 saturated heterocycles. The third kappa shape index (κ3) is 3.26. The highest BCUT2D eigenvalue weighted by atomic mass is 16.3. The average molecular weight is 242 g/mol. The number of likely N-dealkylation sites (tertiary alicyclic amines) is 1. The molecule has 2 amide bonds. The maximum Gasteiger partial charge on any atom is 0.235 e. The van der Waals surface area contributed by atoms with E-state index in [1.165, 1.54) is 4.90 Å². The van der Waals surface area contributed by atoms with Crippen molar-refractivity contribution in [1.29, 1.82) is 0 Å². The first-order valence-corrected chi connectivity index (χ1v) is 5.77. The highest BCUT2D eigenvalue weighted by Crippen LogP contribution is 2.32. The van der Waals surface area contributed by atoms with E-state index in [1.807, 2.05) is 19.0 Å². The lowest BCUT2D eigenvalue weighted by Gasteiger charge is -2.31. The molecule has 5 nitrogen and oxygen atoms in total. The van der Waals surface area contributed by atoms with E-state index in [9.17, 15) is 14.7 Å². The summed E-state index contributed by atoms with van der Waals surface area (Å²) in [4.78, 5) is 26.7. The van der Waals surface area contributed by atoms with Crippen LogP contribution >= 0.6 is 0 Å². The van der Waals surface area contributed by atoms with Gasteiger partial charge in [-0.25, -0.2) is 0 Å². The second kappa shape index (κ2) is 4.38. The van der Waals surface area contributed by atoms with Gasteiger partial charge in [-0.3, -0.25) is 14.5 Å². The molecule has 17 heavy (non-hydrogen) atoms. The first kappa shape index (κ1) is 14.1.